The lowest BCUT2D eigenvalue weighted by atomic mass is 9.85. The van der Waals surface area contributed by atoms with Gasteiger partial charge >= 0.3 is 0 Å². The standard InChI is InChI=1S/C12H22N2O/c1-3-12(2,8-13)11(15)14-7-9-4-5-10(14)6-9/h9-10H,3-8,13H2,1-2H3. The third kappa shape index (κ3) is 1.67. The first-order valence-corrected chi connectivity index (χ1v) is 6.12. The molecule has 3 atom stereocenters. The third-order valence-corrected chi connectivity index (χ3v) is 4.42. The van der Waals surface area contributed by atoms with Crippen molar-refractivity contribution in [1.29, 1.82) is 0 Å². The lowest BCUT2D eigenvalue weighted by Gasteiger charge is -2.35. The van der Waals surface area contributed by atoms with E-state index >= 15 is 0 Å². The lowest BCUT2D eigenvalue weighted by molar-refractivity contribution is -0.142. The zero-order valence-corrected chi connectivity index (χ0v) is 9.83. The maximum absolute atomic E-state index is 12.4. The molecule has 2 N–H and O–H groups in total. The Morgan fingerprint density at radius 3 is 2.67 bits per heavy atom. The summed E-state index contributed by atoms with van der Waals surface area (Å²) in [5.41, 5.74) is 5.41. The number of nitrogens with zero attached hydrogens (tertiary/aromatic N) is 1. The maximum atomic E-state index is 12.4. The quantitative estimate of drug-likeness (QED) is 0.764. The average molecular weight is 210 g/mol. The molecule has 0 radical (unpaired) electrons. The van der Waals surface area contributed by atoms with Crippen LogP contribution in [0.5, 0.6) is 0 Å². The van der Waals surface area contributed by atoms with Crippen molar-refractivity contribution >= 4 is 5.91 Å². The summed E-state index contributed by atoms with van der Waals surface area (Å²) in [4.78, 5) is 14.5. The van der Waals surface area contributed by atoms with Gasteiger partial charge in [0.15, 0.2) is 0 Å². The first-order chi connectivity index (χ1) is 7.10. The second-order valence-corrected chi connectivity index (χ2v) is 5.41. The van der Waals surface area contributed by atoms with Crippen molar-refractivity contribution < 1.29 is 4.79 Å². The predicted octanol–water partition coefficient (Wildman–Crippen LogP) is 1.37. The Hall–Kier alpha value is -0.570. The number of carbonyl (C=O) groups is 1. The highest BCUT2D eigenvalue weighted by atomic mass is 16.2. The van der Waals surface area contributed by atoms with Crippen molar-refractivity contribution in [2.45, 2.75) is 45.6 Å². The van der Waals surface area contributed by atoms with Gasteiger partial charge < -0.3 is 10.6 Å². The van der Waals surface area contributed by atoms with E-state index in [-0.39, 0.29) is 5.41 Å². The van der Waals surface area contributed by atoms with Crippen LogP contribution in [0, 0.1) is 11.3 Å². The van der Waals surface area contributed by atoms with Gasteiger partial charge in [0, 0.05) is 19.1 Å². The van der Waals surface area contributed by atoms with Crippen molar-refractivity contribution in [1.82, 2.24) is 4.90 Å². The molecule has 3 heteroatoms. The summed E-state index contributed by atoms with van der Waals surface area (Å²) < 4.78 is 0. The molecule has 0 spiro atoms. The van der Waals surface area contributed by atoms with Crippen LogP contribution in [0.1, 0.15) is 39.5 Å². The van der Waals surface area contributed by atoms with Crippen LogP contribution in [-0.2, 0) is 4.79 Å². The van der Waals surface area contributed by atoms with Gasteiger partial charge in [-0.05, 0) is 38.5 Å². The molecule has 86 valence electrons. The first-order valence-electron chi connectivity index (χ1n) is 6.12. The monoisotopic (exact) mass is 210 g/mol. The van der Waals surface area contributed by atoms with Gasteiger partial charge in [0.2, 0.25) is 5.91 Å². The van der Waals surface area contributed by atoms with E-state index in [1.165, 1.54) is 19.3 Å². The minimum atomic E-state index is -0.329. The highest BCUT2D eigenvalue weighted by molar-refractivity contribution is 5.83. The molecule has 3 unspecified atom stereocenters. The van der Waals surface area contributed by atoms with Gasteiger partial charge in [-0.2, -0.15) is 0 Å². The second-order valence-electron chi connectivity index (χ2n) is 5.41. The van der Waals surface area contributed by atoms with Crippen molar-refractivity contribution in [3.63, 3.8) is 0 Å². The number of fused-ring (bicyclic) bond motifs is 2. The molecule has 1 aliphatic heterocycles. The molecule has 0 aromatic heterocycles. The van der Waals surface area contributed by atoms with E-state index < -0.39 is 0 Å². The van der Waals surface area contributed by atoms with E-state index in [9.17, 15) is 4.79 Å². The van der Waals surface area contributed by atoms with E-state index in [1.807, 2.05) is 6.92 Å². The molecule has 0 aromatic carbocycles. The Labute approximate surface area is 92.0 Å². The zero-order chi connectivity index (χ0) is 11.1. The van der Waals surface area contributed by atoms with Crippen LogP contribution >= 0.6 is 0 Å². The van der Waals surface area contributed by atoms with E-state index in [0.717, 1.165) is 18.9 Å². The predicted molar refractivity (Wildman–Crippen MR) is 60.3 cm³/mol. The number of hydrogen-bond acceptors (Lipinski definition) is 2. The van der Waals surface area contributed by atoms with Crippen molar-refractivity contribution in [2.24, 2.45) is 17.1 Å². The molecule has 2 bridgehead atoms. The van der Waals surface area contributed by atoms with Gasteiger partial charge in [0.05, 0.1) is 5.41 Å². The number of rotatable bonds is 3. The van der Waals surface area contributed by atoms with Crippen LogP contribution in [0.15, 0.2) is 0 Å². The first kappa shape index (κ1) is 10.9. The largest absolute Gasteiger partial charge is 0.339 e. The fourth-order valence-corrected chi connectivity index (χ4v) is 2.90. The summed E-state index contributed by atoms with van der Waals surface area (Å²) in [6, 6.07) is 0.528. The Bertz CT molecular complexity index is 260. The van der Waals surface area contributed by atoms with Crippen molar-refractivity contribution in [2.75, 3.05) is 13.1 Å². The molecule has 2 fully saturated rings. The summed E-state index contributed by atoms with van der Waals surface area (Å²) in [5.74, 6) is 1.07. The number of likely N-dealkylation sites (tertiary alicyclic amines) is 1. The van der Waals surface area contributed by atoms with Crippen LogP contribution in [-0.4, -0.2) is 29.9 Å². The van der Waals surface area contributed by atoms with Gasteiger partial charge in [-0.15, -0.1) is 0 Å². The third-order valence-electron chi connectivity index (χ3n) is 4.42. The molecule has 1 heterocycles. The summed E-state index contributed by atoms with van der Waals surface area (Å²) in [7, 11) is 0. The van der Waals surface area contributed by atoms with Crippen LogP contribution in [0.3, 0.4) is 0 Å². The normalized spacial score (nSPS) is 33.1. The van der Waals surface area contributed by atoms with Crippen LogP contribution in [0.4, 0.5) is 0 Å². The fraction of sp³-hybridized carbons (Fsp3) is 0.917. The Morgan fingerprint density at radius 2 is 2.27 bits per heavy atom. The number of nitrogens with two attached hydrogens (primary N) is 1. The smallest absolute Gasteiger partial charge is 0.230 e. The van der Waals surface area contributed by atoms with Gasteiger partial charge in [0.1, 0.15) is 0 Å². The SMILES string of the molecule is CCC(C)(CN)C(=O)N1CC2CCC1C2. The van der Waals surface area contributed by atoms with Crippen molar-refractivity contribution in [3.8, 4) is 0 Å². The topological polar surface area (TPSA) is 46.3 Å². The number of piperidine rings is 1. The van der Waals surface area contributed by atoms with Gasteiger partial charge in [0.25, 0.3) is 0 Å². The average Bonchev–Trinajstić information content (AvgIpc) is 2.88. The summed E-state index contributed by atoms with van der Waals surface area (Å²) >= 11 is 0. The fourth-order valence-electron chi connectivity index (χ4n) is 2.90. The highest BCUT2D eigenvalue weighted by Crippen LogP contribution is 2.39. The van der Waals surface area contributed by atoms with E-state index in [1.54, 1.807) is 0 Å². The molecule has 1 amide bonds. The second kappa shape index (κ2) is 3.78. The Morgan fingerprint density at radius 1 is 1.53 bits per heavy atom. The molecule has 1 saturated heterocycles. The number of carbonyl (C=O) groups excluding carboxylic acids is 1. The maximum Gasteiger partial charge on any atom is 0.230 e. The number of hydrogen-bond donors (Lipinski definition) is 1. The summed E-state index contributed by atoms with van der Waals surface area (Å²) in [6.07, 6.45) is 4.60. The van der Waals surface area contributed by atoms with E-state index in [4.69, 9.17) is 5.73 Å². The van der Waals surface area contributed by atoms with Crippen LogP contribution in [0.2, 0.25) is 0 Å². The summed E-state index contributed by atoms with van der Waals surface area (Å²) in [6.45, 7) is 5.51. The van der Waals surface area contributed by atoms with Crippen molar-refractivity contribution in [3.05, 3.63) is 0 Å². The number of amides is 1. The lowest BCUT2D eigenvalue weighted by Crippen LogP contribution is -2.48. The Balaban J connectivity index is 2.08. The summed E-state index contributed by atoms with van der Waals surface area (Å²) in [5, 5.41) is 0. The molecule has 3 nitrogen and oxygen atoms in total. The molecule has 1 saturated carbocycles. The highest BCUT2D eigenvalue weighted by Gasteiger charge is 2.44. The molecular formula is C12H22N2O. The van der Waals surface area contributed by atoms with Gasteiger partial charge in [-0.25, -0.2) is 0 Å². The minimum absolute atomic E-state index is 0.291. The van der Waals surface area contributed by atoms with Gasteiger partial charge in [-0.1, -0.05) is 6.92 Å². The minimum Gasteiger partial charge on any atom is -0.339 e. The van der Waals surface area contributed by atoms with Crippen LogP contribution in [0.25, 0.3) is 0 Å². The molecular weight excluding hydrogens is 188 g/mol. The van der Waals surface area contributed by atoms with Crippen LogP contribution < -0.4 is 5.73 Å². The van der Waals surface area contributed by atoms with E-state index in [2.05, 4.69) is 11.8 Å². The van der Waals surface area contributed by atoms with Gasteiger partial charge in [-0.3, -0.25) is 4.79 Å². The molecule has 1 aliphatic carbocycles. The molecule has 2 aliphatic rings. The molecule has 0 aromatic rings. The van der Waals surface area contributed by atoms with E-state index in [0.29, 0.717) is 18.5 Å². The molecule has 15 heavy (non-hydrogen) atoms. The molecule has 2 rings (SSSR count). The Kier molecular flexibility index (Phi) is 2.75. The zero-order valence-electron chi connectivity index (χ0n) is 9.83.